The molecule has 23 heavy (non-hydrogen) atoms. The molecule has 0 bridgehead atoms. The van der Waals surface area contributed by atoms with Gasteiger partial charge >= 0.3 is 0 Å². The van der Waals surface area contributed by atoms with E-state index in [1.54, 1.807) is 17.4 Å². The molecule has 2 aliphatic rings. The number of hydrogen-bond donors (Lipinski definition) is 1. The predicted molar refractivity (Wildman–Crippen MR) is 88.5 cm³/mol. The van der Waals surface area contributed by atoms with Gasteiger partial charge in [-0.1, -0.05) is 12.1 Å². The second-order valence-electron chi connectivity index (χ2n) is 6.77. The normalized spacial score (nSPS) is 24.9. The Hall–Kier alpha value is -1.66. The highest BCUT2D eigenvalue weighted by Crippen LogP contribution is 2.40. The van der Waals surface area contributed by atoms with Crippen molar-refractivity contribution in [1.29, 1.82) is 0 Å². The van der Waals surface area contributed by atoms with Crippen LogP contribution in [0.15, 0.2) is 27.4 Å². The van der Waals surface area contributed by atoms with Gasteiger partial charge in [0.15, 0.2) is 5.69 Å². The van der Waals surface area contributed by atoms with E-state index in [1.807, 2.05) is 0 Å². The largest absolute Gasteiger partial charge is 0.360 e. The van der Waals surface area contributed by atoms with Crippen molar-refractivity contribution in [2.24, 2.45) is 5.92 Å². The van der Waals surface area contributed by atoms with E-state index in [0.29, 0.717) is 17.5 Å². The van der Waals surface area contributed by atoms with Gasteiger partial charge in [-0.25, -0.2) is 0 Å². The molecule has 2 atom stereocenters. The van der Waals surface area contributed by atoms with Crippen molar-refractivity contribution in [2.45, 2.75) is 38.3 Å². The summed E-state index contributed by atoms with van der Waals surface area (Å²) in [5.41, 5.74) is 1.76. The molecule has 122 valence electrons. The Morgan fingerprint density at radius 1 is 1.48 bits per heavy atom. The van der Waals surface area contributed by atoms with E-state index in [4.69, 9.17) is 4.52 Å². The van der Waals surface area contributed by atoms with E-state index in [2.05, 4.69) is 39.1 Å². The SMILES string of the molecule is C[C@H]1CN(Cc2ccsc2)CC1NC(=O)c1cc(C2CC2)on1. The fourth-order valence-corrected chi connectivity index (χ4v) is 3.88. The smallest absolute Gasteiger partial charge is 0.273 e. The topological polar surface area (TPSA) is 58.4 Å². The fourth-order valence-electron chi connectivity index (χ4n) is 3.22. The van der Waals surface area contributed by atoms with Crippen molar-refractivity contribution in [3.8, 4) is 0 Å². The summed E-state index contributed by atoms with van der Waals surface area (Å²) in [6, 6.07) is 4.13. The first-order chi connectivity index (χ1) is 11.2. The van der Waals surface area contributed by atoms with Crippen molar-refractivity contribution in [3.05, 3.63) is 39.9 Å². The van der Waals surface area contributed by atoms with Gasteiger partial charge in [-0.15, -0.1) is 0 Å². The predicted octanol–water partition coefficient (Wildman–Crippen LogP) is 2.86. The van der Waals surface area contributed by atoms with Gasteiger partial charge in [0.05, 0.1) is 0 Å². The summed E-state index contributed by atoms with van der Waals surface area (Å²) in [6.07, 6.45) is 2.29. The number of rotatable bonds is 5. The molecule has 3 heterocycles. The Balaban J connectivity index is 1.35. The second kappa shape index (κ2) is 6.09. The van der Waals surface area contributed by atoms with E-state index in [0.717, 1.165) is 38.2 Å². The van der Waals surface area contributed by atoms with Crippen LogP contribution < -0.4 is 5.32 Å². The molecule has 0 aromatic carbocycles. The van der Waals surface area contributed by atoms with Crippen LogP contribution in [-0.2, 0) is 6.54 Å². The van der Waals surface area contributed by atoms with E-state index in [1.165, 1.54) is 5.56 Å². The van der Waals surface area contributed by atoms with E-state index < -0.39 is 0 Å². The Kier molecular flexibility index (Phi) is 3.95. The van der Waals surface area contributed by atoms with Crippen molar-refractivity contribution in [2.75, 3.05) is 13.1 Å². The zero-order valence-electron chi connectivity index (χ0n) is 13.2. The number of nitrogens with zero attached hydrogens (tertiary/aromatic N) is 2. The molecule has 2 fully saturated rings. The molecule has 2 aromatic heterocycles. The highest BCUT2D eigenvalue weighted by Gasteiger charge is 2.33. The van der Waals surface area contributed by atoms with Crippen LogP contribution in [0.4, 0.5) is 0 Å². The maximum absolute atomic E-state index is 12.4. The third-order valence-electron chi connectivity index (χ3n) is 4.73. The van der Waals surface area contributed by atoms with Gasteiger partial charge in [-0.05, 0) is 41.1 Å². The van der Waals surface area contributed by atoms with E-state index >= 15 is 0 Å². The zero-order valence-corrected chi connectivity index (χ0v) is 14.0. The highest BCUT2D eigenvalue weighted by atomic mass is 32.1. The first kappa shape index (κ1) is 14.9. The maximum Gasteiger partial charge on any atom is 0.273 e. The summed E-state index contributed by atoms with van der Waals surface area (Å²) in [5, 5.41) is 11.3. The van der Waals surface area contributed by atoms with Crippen LogP contribution in [0.5, 0.6) is 0 Å². The Morgan fingerprint density at radius 3 is 3.09 bits per heavy atom. The average Bonchev–Trinajstić information content (AvgIpc) is 2.94. The van der Waals surface area contributed by atoms with Crippen molar-refractivity contribution in [3.63, 3.8) is 0 Å². The van der Waals surface area contributed by atoms with Crippen molar-refractivity contribution >= 4 is 17.2 Å². The third kappa shape index (κ3) is 3.33. The molecule has 0 radical (unpaired) electrons. The quantitative estimate of drug-likeness (QED) is 0.915. The number of likely N-dealkylation sites (tertiary alicyclic amines) is 1. The van der Waals surface area contributed by atoms with Gasteiger partial charge in [0.2, 0.25) is 0 Å². The molecule has 6 heteroatoms. The van der Waals surface area contributed by atoms with E-state index in [9.17, 15) is 4.79 Å². The lowest BCUT2D eigenvalue weighted by Crippen LogP contribution is -2.39. The van der Waals surface area contributed by atoms with E-state index in [-0.39, 0.29) is 11.9 Å². The average molecular weight is 331 g/mol. The number of amides is 1. The molecule has 2 aromatic rings. The van der Waals surface area contributed by atoms with Gasteiger partial charge < -0.3 is 9.84 Å². The van der Waals surface area contributed by atoms with Crippen LogP contribution >= 0.6 is 11.3 Å². The molecule has 1 saturated heterocycles. The van der Waals surface area contributed by atoms with Gasteiger partial charge in [0.25, 0.3) is 5.91 Å². The highest BCUT2D eigenvalue weighted by molar-refractivity contribution is 7.07. The monoisotopic (exact) mass is 331 g/mol. The molecule has 1 unspecified atom stereocenters. The lowest BCUT2D eigenvalue weighted by Gasteiger charge is -2.16. The standard InChI is InChI=1S/C17H21N3O2S/c1-11-7-20(8-12-4-5-23-10-12)9-15(11)18-17(21)14-6-16(22-19-14)13-2-3-13/h4-6,10-11,13,15H,2-3,7-9H2,1H3,(H,18,21)/t11-,15?/m0/s1. The minimum atomic E-state index is -0.116. The van der Waals surface area contributed by atoms with Gasteiger partial charge in [-0.3, -0.25) is 9.69 Å². The number of nitrogens with one attached hydrogen (secondary N) is 1. The number of aromatic nitrogens is 1. The maximum atomic E-state index is 12.4. The number of thiophene rings is 1. The molecule has 4 rings (SSSR count). The summed E-state index contributed by atoms with van der Waals surface area (Å²) < 4.78 is 5.27. The molecule has 1 saturated carbocycles. The van der Waals surface area contributed by atoms with Crippen molar-refractivity contribution in [1.82, 2.24) is 15.4 Å². The number of carbonyl (C=O) groups excluding carboxylic acids is 1. The summed E-state index contributed by atoms with van der Waals surface area (Å²) in [4.78, 5) is 14.8. The van der Waals surface area contributed by atoms with Crippen LogP contribution in [0.3, 0.4) is 0 Å². The molecular weight excluding hydrogens is 310 g/mol. The summed E-state index contributed by atoms with van der Waals surface area (Å²) in [7, 11) is 0. The lowest BCUT2D eigenvalue weighted by atomic mass is 10.1. The first-order valence-electron chi connectivity index (χ1n) is 8.20. The zero-order chi connectivity index (χ0) is 15.8. The Bertz CT molecular complexity index is 678. The van der Waals surface area contributed by atoms with Gasteiger partial charge in [0, 0.05) is 37.7 Å². The molecule has 1 aliphatic heterocycles. The van der Waals surface area contributed by atoms with Gasteiger partial charge in [-0.2, -0.15) is 11.3 Å². The summed E-state index contributed by atoms with van der Waals surface area (Å²) >= 11 is 1.73. The van der Waals surface area contributed by atoms with Crippen molar-refractivity contribution < 1.29 is 9.32 Å². The Morgan fingerprint density at radius 2 is 2.35 bits per heavy atom. The Labute approximate surface area is 139 Å². The third-order valence-corrected chi connectivity index (χ3v) is 5.46. The summed E-state index contributed by atoms with van der Waals surface area (Å²) in [5.74, 6) is 1.66. The van der Waals surface area contributed by atoms with Crippen LogP contribution in [0.2, 0.25) is 0 Å². The number of hydrogen-bond acceptors (Lipinski definition) is 5. The first-order valence-corrected chi connectivity index (χ1v) is 9.14. The van der Waals surface area contributed by atoms with Crippen LogP contribution in [0.1, 0.15) is 47.5 Å². The van der Waals surface area contributed by atoms with Crippen LogP contribution in [0, 0.1) is 5.92 Å². The molecule has 5 nitrogen and oxygen atoms in total. The minimum Gasteiger partial charge on any atom is -0.360 e. The molecule has 1 amide bonds. The molecule has 1 aliphatic carbocycles. The summed E-state index contributed by atoms with van der Waals surface area (Å²) in [6.45, 7) is 5.04. The molecule has 1 N–H and O–H groups in total. The fraction of sp³-hybridized carbons (Fsp3) is 0.529. The molecule has 0 spiro atoms. The molecular formula is C17H21N3O2S. The van der Waals surface area contributed by atoms with Gasteiger partial charge in [0.1, 0.15) is 5.76 Å². The van der Waals surface area contributed by atoms with Crippen LogP contribution in [-0.4, -0.2) is 35.1 Å². The number of carbonyl (C=O) groups is 1. The van der Waals surface area contributed by atoms with Crippen LogP contribution in [0.25, 0.3) is 0 Å². The second-order valence-corrected chi connectivity index (χ2v) is 7.55. The minimum absolute atomic E-state index is 0.116. The lowest BCUT2D eigenvalue weighted by molar-refractivity contribution is 0.0922.